The van der Waals surface area contributed by atoms with Gasteiger partial charge < -0.3 is 0 Å². The molecule has 5 heteroatoms. The third kappa shape index (κ3) is 2.71. The Morgan fingerprint density at radius 1 is 1.00 bits per heavy atom. The fourth-order valence-electron chi connectivity index (χ4n) is 1.42. The second-order valence-corrected chi connectivity index (χ2v) is 4.33. The molecule has 0 unspecified atom stereocenters. The highest BCUT2D eigenvalue weighted by Gasteiger charge is 2.34. The zero-order valence-electron chi connectivity index (χ0n) is 9.76. The predicted octanol–water partition coefficient (Wildman–Crippen LogP) is 3.74. The molecular weight excluding hydrogens is 217 g/mol. The van der Waals surface area contributed by atoms with Crippen LogP contribution in [0.25, 0.3) is 0 Å². The van der Waals surface area contributed by atoms with Gasteiger partial charge in [0.25, 0.3) is 0 Å². The number of nitrogens with zero attached hydrogens (tertiary/aromatic N) is 2. The smallest absolute Gasteiger partial charge is 0.257 e. The Morgan fingerprint density at radius 3 is 1.88 bits per heavy atom. The van der Waals surface area contributed by atoms with Crippen molar-refractivity contribution in [2.24, 2.45) is 0 Å². The lowest BCUT2D eigenvalue weighted by Crippen LogP contribution is -2.14. The fraction of sp³-hybridized carbons (Fsp3) is 0.636. The molecule has 0 aliphatic rings. The van der Waals surface area contributed by atoms with Gasteiger partial charge in [0.2, 0.25) is 0 Å². The average Bonchev–Trinajstić information content (AvgIpc) is 2.15. The maximum absolute atomic E-state index is 12.5. The van der Waals surface area contributed by atoms with E-state index in [-0.39, 0.29) is 11.8 Å². The summed E-state index contributed by atoms with van der Waals surface area (Å²) in [7, 11) is 0. The Hall–Kier alpha value is -1.13. The van der Waals surface area contributed by atoms with Crippen LogP contribution in [0.15, 0.2) is 6.20 Å². The highest BCUT2D eigenvalue weighted by atomic mass is 19.4. The third-order valence-corrected chi connectivity index (χ3v) is 2.21. The van der Waals surface area contributed by atoms with Crippen molar-refractivity contribution in [2.75, 3.05) is 0 Å². The summed E-state index contributed by atoms with van der Waals surface area (Å²) in [6.07, 6.45) is -3.62. The van der Waals surface area contributed by atoms with Crippen molar-refractivity contribution in [3.63, 3.8) is 0 Å². The number of halogens is 3. The van der Waals surface area contributed by atoms with Crippen LogP contribution in [-0.2, 0) is 6.18 Å². The van der Waals surface area contributed by atoms with E-state index in [2.05, 4.69) is 9.97 Å². The first-order valence-electron chi connectivity index (χ1n) is 5.17. The van der Waals surface area contributed by atoms with Crippen molar-refractivity contribution >= 4 is 0 Å². The fourth-order valence-corrected chi connectivity index (χ4v) is 1.42. The van der Waals surface area contributed by atoms with E-state index in [1.54, 1.807) is 0 Å². The van der Waals surface area contributed by atoms with Crippen LogP contribution < -0.4 is 0 Å². The molecule has 1 aromatic rings. The van der Waals surface area contributed by atoms with Gasteiger partial charge in [-0.2, -0.15) is 13.2 Å². The molecule has 0 radical (unpaired) electrons. The second-order valence-electron chi connectivity index (χ2n) is 4.33. The summed E-state index contributed by atoms with van der Waals surface area (Å²) in [6, 6.07) is 0. The normalized spacial score (nSPS) is 12.6. The monoisotopic (exact) mass is 232 g/mol. The maximum atomic E-state index is 12.5. The van der Waals surface area contributed by atoms with E-state index < -0.39 is 11.9 Å². The van der Waals surface area contributed by atoms with Gasteiger partial charge in [-0.25, -0.2) is 4.98 Å². The van der Waals surface area contributed by atoms with Gasteiger partial charge in [0.05, 0.1) is 17.6 Å². The molecule has 16 heavy (non-hydrogen) atoms. The highest BCUT2D eigenvalue weighted by molar-refractivity contribution is 5.21. The Balaban J connectivity index is 3.29. The van der Waals surface area contributed by atoms with Crippen molar-refractivity contribution in [3.8, 4) is 0 Å². The maximum Gasteiger partial charge on any atom is 0.434 e. The molecule has 0 amide bonds. The summed E-state index contributed by atoms with van der Waals surface area (Å²) in [6.45, 7) is 7.42. The van der Waals surface area contributed by atoms with Crippen LogP contribution in [0.5, 0.6) is 0 Å². The first kappa shape index (κ1) is 12.9. The molecule has 1 aromatic heterocycles. The summed E-state index contributed by atoms with van der Waals surface area (Å²) in [5, 5.41) is 0. The molecule has 1 rings (SSSR count). The first-order chi connectivity index (χ1) is 7.23. The van der Waals surface area contributed by atoms with Crippen LogP contribution in [0.2, 0.25) is 0 Å². The Kier molecular flexibility index (Phi) is 3.55. The van der Waals surface area contributed by atoms with Crippen LogP contribution in [0.1, 0.15) is 56.6 Å². The van der Waals surface area contributed by atoms with E-state index in [4.69, 9.17) is 0 Å². The lowest BCUT2D eigenvalue weighted by molar-refractivity contribution is -0.141. The second kappa shape index (κ2) is 4.39. The molecule has 2 nitrogen and oxygen atoms in total. The summed E-state index contributed by atoms with van der Waals surface area (Å²) in [5.74, 6) is 0.0133. The van der Waals surface area contributed by atoms with E-state index >= 15 is 0 Å². The lowest BCUT2D eigenvalue weighted by atomic mass is 10.0. The first-order valence-corrected chi connectivity index (χ1v) is 5.17. The van der Waals surface area contributed by atoms with Gasteiger partial charge in [0.15, 0.2) is 5.69 Å². The Bertz CT molecular complexity index is 370. The number of rotatable bonds is 2. The SMILES string of the molecule is CC(C)c1ncc(C(F)(F)F)nc1C(C)C. The molecule has 0 aliphatic heterocycles. The minimum atomic E-state index is -4.42. The van der Waals surface area contributed by atoms with Crippen molar-refractivity contribution in [2.45, 2.75) is 45.7 Å². The standard InChI is InChI=1S/C11H15F3N2/c1-6(2)9-10(7(3)4)16-8(5-15-9)11(12,13)14/h5-7H,1-4H3. The molecule has 90 valence electrons. The molecule has 0 saturated carbocycles. The van der Waals surface area contributed by atoms with Crippen molar-refractivity contribution in [1.29, 1.82) is 0 Å². The van der Waals surface area contributed by atoms with Crippen molar-refractivity contribution in [3.05, 3.63) is 23.3 Å². The molecule has 0 saturated heterocycles. The average molecular weight is 232 g/mol. The van der Waals surface area contributed by atoms with E-state index in [1.165, 1.54) is 0 Å². The molecule has 0 aromatic carbocycles. The van der Waals surface area contributed by atoms with Crippen LogP contribution in [-0.4, -0.2) is 9.97 Å². The molecule has 0 N–H and O–H groups in total. The zero-order chi connectivity index (χ0) is 12.5. The molecule has 0 atom stereocenters. The Labute approximate surface area is 92.9 Å². The van der Waals surface area contributed by atoms with Gasteiger partial charge in [-0.1, -0.05) is 27.7 Å². The van der Waals surface area contributed by atoms with Crippen molar-refractivity contribution in [1.82, 2.24) is 9.97 Å². The van der Waals surface area contributed by atoms with Gasteiger partial charge in [-0.15, -0.1) is 0 Å². The summed E-state index contributed by atoms with van der Waals surface area (Å²) in [5.41, 5.74) is 0.161. The number of hydrogen-bond acceptors (Lipinski definition) is 2. The van der Waals surface area contributed by atoms with Gasteiger partial charge in [-0.05, 0) is 11.8 Å². The molecule has 0 aliphatic carbocycles. The lowest BCUT2D eigenvalue weighted by Gasteiger charge is -2.15. The molecule has 0 spiro atoms. The van der Waals surface area contributed by atoms with Gasteiger partial charge in [0.1, 0.15) is 0 Å². The number of hydrogen-bond donors (Lipinski definition) is 0. The highest BCUT2D eigenvalue weighted by Crippen LogP contribution is 2.30. The van der Waals surface area contributed by atoms with Crippen molar-refractivity contribution < 1.29 is 13.2 Å². The van der Waals surface area contributed by atoms with Gasteiger partial charge in [0, 0.05) is 0 Å². The van der Waals surface area contributed by atoms with E-state index in [0.717, 1.165) is 6.20 Å². The van der Waals surface area contributed by atoms with E-state index in [0.29, 0.717) is 11.4 Å². The van der Waals surface area contributed by atoms with Gasteiger partial charge in [-0.3, -0.25) is 4.98 Å². The molecule has 0 fully saturated rings. The number of alkyl halides is 3. The largest absolute Gasteiger partial charge is 0.434 e. The van der Waals surface area contributed by atoms with E-state index in [9.17, 15) is 13.2 Å². The summed E-state index contributed by atoms with van der Waals surface area (Å²) < 4.78 is 37.4. The molecule has 0 bridgehead atoms. The zero-order valence-corrected chi connectivity index (χ0v) is 9.76. The van der Waals surface area contributed by atoms with E-state index in [1.807, 2.05) is 27.7 Å². The van der Waals surface area contributed by atoms with Crippen LogP contribution in [0, 0.1) is 0 Å². The predicted molar refractivity (Wildman–Crippen MR) is 55.2 cm³/mol. The van der Waals surface area contributed by atoms with Crippen LogP contribution >= 0.6 is 0 Å². The minimum Gasteiger partial charge on any atom is -0.257 e. The Morgan fingerprint density at radius 2 is 1.50 bits per heavy atom. The third-order valence-electron chi connectivity index (χ3n) is 2.21. The van der Waals surface area contributed by atoms with Crippen LogP contribution in [0.3, 0.4) is 0 Å². The van der Waals surface area contributed by atoms with Crippen LogP contribution in [0.4, 0.5) is 13.2 Å². The summed E-state index contributed by atoms with van der Waals surface area (Å²) >= 11 is 0. The number of aromatic nitrogens is 2. The summed E-state index contributed by atoms with van der Waals surface area (Å²) in [4.78, 5) is 7.56. The molecule has 1 heterocycles. The quantitative estimate of drug-likeness (QED) is 0.776. The molecular formula is C11H15F3N2. The van der Waals surface area contributed by atoms with Gasteiger partial charge >= 0.3 is 6.18 Å². The topological polar surface area (TPSA) is 25.8 Å². The minimum absolute atomic E-state index is 0.0628.